The van der Waals surface area contributed by atoms with Gasteiger partial charge in [-0.05, 0) is 24.3 Å². The minimum Gasteiger partial charge on any atom is -0.461 e. The molecule has 0 fully saturated rings. The fourth-order valence-electron chi connectivity index (χ4n) is 2.04. The van der Waals surface area contributed by atoms with Crippen molar-refractivity contribution in [3.63, 3.8) is 0 Å². The Labute approximate surface area is 133 Å². The third-order valence-corrected chi connectivity index (χ3v) is 3.13. The number of benzene rings is 1. The molecule has 0 bridgehead atoms. The van der Waals surface area contributed by atoms with E-state index in [0.717, 1.165) is 12.1 Å². The highest BCUT2D eigenvalue weighted by Crippen LogP contribution is 2.32. The summed E-state index contributed by atoms with van der Waals surface area (Å²) in [5.74, 6) is -0.338. The molecule has 0 spiro atoms. The molecule has 0 radical (unpaired) electrons. The molecule has 8 heteroatoms. The summed E-state index contributed by atoms with van der Waals surface area (Å²) >= 11 is 0. The molecule has 0 atom stereocenters. The van der Waals surface area contributed by atoms with Crippen LogP contribution >= 0.6 is 0 Å². The van der Waals surface area contributed by atoms with Crippen molar-refractivity contribution in [1.82, 2.24) is 5.16 Å². The van der Waals surface area contributed by atoms with Crippen LogP contribution in [0.1, 0.15) is 21.6 Å². The molecule has 124 valence electrons. The van der Waals surface area contributed by atoms with Crippen LogP contribution in [0, 0.1) is 0 Å². The molecular weight excluding hydrogens is 327 g/mol. The second kappa shape index (κ2) is 6.23. The maximum Gasteiger partial charge on any atom is 0.417 e. The third kappa shape index (κ3) is 3.32. The second-order valence-electron chi connectivity index (χ2n) is 4.78. The summed E-state index contributed by atoms with van der Waals surface area (Å²) in [5.41, 5.74) is -1.36. The van der Waals surface area contributed by atoms with E-state index in [9.17, 15) is 18.0 Å². The molecule has 0 aliphatic heterocycles. The smallest absolute Gasteiger partial charge is 0.417 e. The summed E-state index contributed by atoms with van der Waals surface area (Å²) < 4.78 is 53.7. The Kier molecular flexibility index (Phi) is 4.11. The Hall–Kier alpha value is -3.03. The van der Waals surface area contributed by atoms with Gasteiger partial charge in [-0.3, -0.25) is 0 Å². The summed E-state index contributed by atoms with van der Waals surface area (Å²) in [7, 11) is 0. The molecule has 0 saturated carbocycles. The molecule has 2 aromatic heterocycles. The lowest BCUT2D eigenvalue weighted by molar-refractivity contribution is -0.138. The van der Waals surface area contributed by atoms with Gasteiger partial charge in [-0.15, -0.1) is 0 Å². The van der Waals surface area contributed by atoms with Crippen molar-refractivity contribution in [3.05, 3.63) is 65.5 Å². The molecule has 0 N–H and O–H groups in total. The molecule has 24 heavy (non-hydrogen) atoms. The van der Waals surface area contributed by atoms with Gasteiger partial charge < -0.3 is 13.7 Å². The summed E-state index contributed by atoms with van der Waals surface area (Å²) in [4.78, 5) is 11.9. The first-order valence-corrected chi connectivity index (χ1v) is 6.78. The first kappa shape index (κ1) is 15.9. The molecule has 3 rings (SSSR count). The minimum atomic E-state index is -4.64. The van der Waals surface area contributed by atoms with Gasteiger partial charge in [-0.2, -0.15) is 13.2 Å². The number of carbonyl (C=O) groups is 1. The lowest BCUT2D eigenvalue weighted by Gasteiger charge is -2.11. The zero-order valence-corrected chi connectivity index (χ0v) is 12.0. The Morgan fingerprint density at radius 3 is 2.62 bits per heavy atom. The van der Waals surface area contributed by atoms with E-state index in [1.165, 1.54) is 24.5 Å². The number of esters is 1. The van der Waals surface area contributed by atoms with E-state index in [1.54, 1.807) is 12.1 Å². The number of hydrogen-bond acceptors (Lipinski definition) is 5. The predicted molar refractivity (Wildman–Crippen MR) is 74.8 cm³/mol. The van der Waals surface area contributed by atoms with E-state index in [0.29, 0.717) is 11.5 Å². The number of halogens is 3. The number of aromatic nitrogens is 1. The van der Waals surface area contributed by atoms with Crippen LogP contribution in [0.25, 0.3) is 11.5 Å². The van der Waals surface area contributed by atoms with Crippen LogP contribution in [0.2, 0.25) is 0 Å². The van der Waals surface area contributed by atoms with Crippen molar-refractivity contribution in [2.24, 2.45) is 0 Å². The molecule has 2 heterocycles. The molecule has 0 amide bonds. The van der Waals surface area contributed by atoms with Crippen molar-refractivity contribution in [2.45, 2.75) is 12.8 Å². The van der Waals surface area contributed by atoms with Gasteiger partial charge >= 0.3 is 12.1 Å². The average Bonchev–Trinajstić information content (AvgIpc) is 3.23. The van der Waals surface area contributed by atoms with Gasteiger partial charge in [0.25, 0.3) is 0 Å². The Morgan fingerprint density at radius 2 is 1.92 bits per heavy atom. The predicted octanol–water partition coefficient (Wildman–Crippen LogP) is 4.31. The van der Waals surface area contributed by atoms with Crippen molar-refractivity contribution in [1.29, 1.82) is 0 Å². The molecule has 1 aromatic carbocycles. The largest absolute Gasteiger partial charge is 0.461 e. The quantitative estimate of drug-likeness (QED) is 0.664. The zero-order chi connectivity index (χ0) is 17.2. The van der Waals surface area contributed by atoms with Gasteiger partial charge in [-0.25, -0.2) is 4.79 Å². The standard InChI is InChI=1S/C16H10F3NO4/c17-16(18,19)12-5-2-1-4-11(12)15(21)23-9-10-8-14(24-20-10)13-6-3-7-22-13/h1-8H,9H2. The van der Waals surface area contributed by atoms with Crippen LogP contribution in [-0.2, 0) is 17.5 Å². The van der Waals surface area contributed by atoms with Crippen molar-refractivity contribution < 1.29 is 31.6 Å². The summed E-state index contributed by atoms with van der Waals surface area (Å²) in [6, 6.07) is 9.19. The number of alkyl halides is 3. The normalized spacial score (nSPS) is 11.5. The van der Waals surface area contributed by atoms with E-state index >= 15 is 0 Å². The molecule has 3 aromatic rings. The SMILES string of the molecule is O=C(OCc1cc(-c2ccco2)on1)c1ccccc1C(F)(F)F. The van der Waals surface area contributed by atoms with E-state index in [2.05, 4.69) is 5.16 Å². The van der Waals surface area contributed by atoms with E-state index in [-0.39, 0.29) is 12.3 Å². The summed E-state index contributed by atoms with van der Waals surface area (Å²) in [6.07, 6.45) is -3.19. The Morgan fingerprint density at radius 1 is 1.12 bits per heavy atom. The molecule has 0 aliphatic rings. The number of ether oxygens (including phenoxy) is 1. The van der Waals surface area contributed by atoms with E-state index in [1.807, 2.05) is 0 Å². The highest BCUT2D eigenvalue weighted by molar-refractivity contribution is 5.91. The van der Waals surface area contributed by atoms with Crippen LogP contribution < -0.4 is 0 Å². The van der Waals surface area contributed by atoms with Gasteiger partial charge in [0, 0.05) is 6.07 Å². The number of nitrogens with zero attached hydrogens (tertiary/aromatic N) is 1. The lowest BCUT2D eigenvalue weighted by Crippen LogP contribution is -2.15. The number of furan rings is 1. The fourth-order valence-corrected chi connectivity index (χ4v) is 2.04. The van der Waals surface area contributed by atoms with Crippen molar-refractivity contribution in [3.8, 4) is 11.5 Å². The molecule has 0 aliphatic carbocycles. The first-order chi connectivity index (χ1) is 11.4. The van der Waals surface area contributed by atoms with Crippen LogP contribution in [-0.4, -0.2) is 11.1 Å². The van der Waals surface area contributed by atoms with Gasteiger partial charge in [-0.1, -0.05) is 17.3 Å². The lowest BCUT2D eigenvalue weighted by atomic mass is 10.1. The van der Waals surface area contributed by atoms with Gasteiger partial charge in [0.05, 0.1) is 17.4 Å². The van der Waals surface area contributed by atoms with Crippen molar-refractivity contribution >= 4 is 5.97 Å². The Balaban J connectivity index is 1.71. The minimum absolute atomic E-state index is 0.249. The van der Waals surface area contributed by atoms with E-state index < -0.39 is 23.3 Å². The van der Waals surface area contributed by atoms with Crippen molar-refractivity contribution in [2.75, 3.05) is 0 Å². The summed E-state index contributed by atoms with van der Waals surface area (Å²) in [6.45, 7) is -0.324. The third-order valence-electron chi connectivity index (χ3n) is 3.13. The number of rotatable bonds is 4. The van der Waals surface area contributed by atoms with Gasteiger partial charge in [0.2, 0.25) is 5.76 Å². The second-order valence-corrected chi connectivity index (χ2v) is 4.78. The average molecular weight is 337 g/mol. The first-order valence-electron chi connectivity index (χ1n) is 6.78. The highest BCUT2D eigenvalue weighted by Gasteiger charge is 2.35. The summed E-state index contributed by atoms with van der Waals surface area (Å²) in [5, 5.41) is 3.67. The number of hydrogen-bond donors (Lipinski definition) is 0. The van der Waals surface area contributed by atoms with E-state index in [4.69, 9.17) is 13.7 Å². The van der Waals surface area contributed by atoms with Crippen LogP contribution in [0.4, 0.5) is 13.2 Å². The van der Waals surface area contributed by atoms with Crippen LogP contribution in [0.5, 0.6) is 0 Å². The van der Waals surface area contributed by atoms with Gasteiger partial charge in [0.1, 0.15) is 12.3 Å². The number of carbonyl (C=O) groups excluding carboxylic acids is 1. The molecule has 0 saturated heterocycles. The monoisotopic (exact) mass is 337 g/mol. The molecular formula is C16H10F3NO4. The topological polar surface area (TPSA) is 65.5 Å². The van der Waals surface area contributed by atoms with Crippen LogP contribution in [0.15, 0.2) is 57.7 Å². The Bertz CT molecular complexity index is 837. The van der Waals surface area contributed by atoms with Crippen LogP contribution in [0.3, 0.4) is 0 Å². The van der Waals surface area contributed by atoms with Gasteiger partial charge in [0.15, 0.2) is 5.76 Å². The maximum absolute atomic E-state index is 12.9. The molecule has 5 nitrogen and oxygen atoms in total. The highest BCUT2D eigenvalue weighted by atomic mass is 19.4. The zero-order valence-electron chi connectivity index (χ0n) is 12.0. The molecule has 0 unspecified atom stereocenters. The fraction of sp³-hybridized carbons (Fsp3) is 0.125. The maximum atomic E-state index is 12.9.